The Balaban J connectivity index is 1.78. The smallest absolute Gasteiger partial charge is 0.264 e. The number of hydrogen-bond donors (Lipinski definition) is 1. The summed E-state index contributed by atoms with van der Waals surface area (Å²) in [5.41, 5.74) is 1.94. The SMILES string of the molecule is CC(C)CNC(=O)[C@@H](Cc1ccccc1)N(Cc1ccc(Br)cc1)C(=O)CN(c1ccc(Cl)cc1)S(=O)(=O)c1ccccc1. The van der Waals surface area contributed by atoms with Crippen LogP contribution in [0.5, 0.6) is 0 Å². The lowest BCUT2D eigenvalue weighted by atomic mass is 10.0. The first-order valence-corrected chi connectivity index (χ1v) is 16.8. The Morgan fingerprint density at radius 2 is 1.41 bits per heavy atom. The third kappa shape index (κ3) is 8.94. The van der Waals surface area contributed by atoms with Crippen molar-refractivity contribution in [3.63, 3.8) is 0 Å². The highest BCUT2D eigenvalue weighted by molar-refractivity contribution is 9.10. The molecular formula is C34H35BrClN3O4S. The van der Waals surface area contributed by atoms with Gasteiger partial charge >= 0.3 is 0 Å². The fourth-order valence-electron chi connectivity index (χ4n) is 4.62. The predicted molar refractivity (Wildman–Crippen MR) is 179 cm³/mol. The molecule has 0 aliphatic carbocycles. The zero-order chi connectivity index (χ0) is 31.7. The fraction of sp³-hybridized carbons (Fsp3) is 0.235. The van der Waals surface area contributed by atoms with Gasteiger partial charge in [0.25, 0.3) is 10.0 Å². The number of halogens is 2. The van der Waals surface area contributed by atoms with Gasteiger partial charge in [-0.15, -0.1) is 0 Å². The van der Waals surface area contributed by atoms with Gasteiger partial charge < -0.3 is 10.2 Å². The second-order valence-electron chi connectivity index (χ2n) is 10.8. The normalized spacial score (nSPS) is 12.0. The lowest BCUT2D eigenvalue weighted by molar-refractivity contribution is -0.140. The van der Waals surface area contributed by atoms with Crippen molar-refractivity contribution in [3.05, 3.63) is 130 Å². The maximum Gasteiger partial charge on any atom is 0.264 e. The molecule has 230 valence electrons. The van der Waals surface area contributed by atoms with Gasteiger partial charge in [0.05, 0.1) is 10.6 Å². The molecule has 0 aliphatic heterocycles. The van der Waals surface area contributed by atoms with E-state index < -0.39 is 28.5 Å². The molecular weight excluding hydrogens is 662 g/mol. The molecule has 0 unspecified atom stereocenters. The van der Waals surface area contributed by atoms with Crippen molar-refractivity contribution in [1.29, 1.82) is 0 Å². The molecule has 0 saturated heterocycles. The Hall–Kier alpha value is -3.66. The minimum atomic E-state index is -4.16. The number of rotatable bonds is 13. The Morgan fingerprint density at radius 1 is 0.818 bits per heavy atom. The third-order valence-electron chi connectivity index (χ3n) is 6.95. The summed E-state index contributed by atoms with van der Waals surface area (Å²) >= 11 is 9.57. The average Bonchev–Trinajstić information content (AvgIpc) is 3.02. The summed E-state index contributed by atoms with van der Waals surface area (Å²) in [5.74, 6) is -0.636. The van der Waals surface area contributed by atoms with E-state index >= 15 is 0 Å². The Bertz CT molecular complexity index is 1640. The van der Waals surface area contributed by atoms with E-state index in [0.717, 1.165) is 19.9 Å². The molecule has 0 saturated carbocycles. The summed E-state index contributed by atoms with van der Waals surface area (Å²) in [6.07, 6.45) is 0.249. The molecule has 0 fully saturated rings. The molecule has 0 spiro atoms. The molecule has 0 radical (unpaired) electrons. The standard InChI is InChI=1S/C34H35BrClN3O4S/c1-25(2)22-37-34(41)32(21-26-9-5-3-6-10-26)38(23-27-13-15-28(35)16-14-27)33(40)24-39(30-19-17-29(36)18-20-30)44(42,43)31-11-7-4-8-12-31/h3-20,25,32H,21-24H2,1-2H3,(H,37,41)/t32-/m1/s1. The van der Waals surface area contributed by atoms with Crippen LogP contribution in [0.4, 0.5) is 5.69 Å². The number of hydrogen-bond acceptors (Lipinski definition) is 4. The molecule has 7 nitrogen and oxygen atoms in total. The molecule has 4 aromatic carbocycles. The second-order valence-corrected chi connectivity index (χ2v) is 14.0. The van der Waals surface area contributed by atoms with Gasteiger partial charge in [0.2, 0.25) is 11.8 Å². The fourth-order valence-corrected chi connectivity index (χ4v) is 6.44. The van der Waals surface area contributed by atoms with Crippen molar-refractivity contribution in [2.75, 3.05) is 17.4 Å². The molecule has 0 aromatic heterocycles. The van der Waals surface area contributed by atoms with Crippen molar-refractivity contribution in [2.45, 2.75) is 37.8 Å². The first-order chi connectivity index (χ1) is 21.0. The van der Waals surface area contributed by atoms with Gasteiger partial charge in [0, 0.05) is 29.0 Å². The molecule has 0 heterocycles. The first kappa shape index (κ1) is 33.2. The zero-order valence-corrected chi connectivity index (χ0v) is 27.7. The van der Waals surface area contributed by atoms with Crippen molar-refractivity contribution in [1.82, 2.24) is 10.2 Å². The predicted octanol–water partition coefficient (Wildman–Crippen LogP) is 6.71. The molecule has 10 heteroatoms. The summed E-state index contributed by atoms with van der Waals surface area (Å²) in [7, 11) is -4.16. The van der Waals surface area contributed by atoms with E-state index in [9.17, 15) is 18.0 Å². The minimum Gasteiger partial charge on any atom is -0.354 e. The first-order valence-electron chi connectivity index (χ1n) is 14.2. The summed E-state index contributed by atoms with van der Waals surface area (Å²) in [4.78, 5) is 29.7. The molecule has 1 atom stereocenters. The van der Waals surface area contributed by atoms with Gasteiger partial charge in [0.15, 0.2) is 0 Å². The molecule has 4 aromatic rings. The van der Waals surface area contributed by atoms with Gasteiger partial charge in [0.1, 0.15) is 12.6 Å². The number of amides is 2. The maximum atomic E-state index is 14.4. The number of anilines is 1. The highest BCUT2D eigenvalue weighted by Gasteiger charge is 2.34. The van der Waals surface area contributed by atoms with Crippen LogP contribution in [0.15, 0.2) is 119 Å². The maximum absolute atomic E-state index is 14.4. The van der Waals surface area contributed by atoms with Crippen molar-refractivity contribution < 1.29 is 18.0 Å². The van der Waals surface area contributed by atoms with E-state index in [1.54, 1.807) is 42.5 Å². The number of nitrogens with one attached hydrogen (secondary N) is 1. The Kier molecular flexibility index (Phi) is 11.6. The molecule has 2 amide bonds. The van der Waals surface area contributed by atoms with Crippen LogP contribution in [0, 0.1) is 5.92 Å². The monoisotopic (exact) mass is 695 g/mol. The van der Waals surface area contributed by atoms with Gasteiger partial charge in [-0.05, 0) is 65.6 Å². The molecule has 0 aliphatic rings. The van der Waals surface area contributed by atoms with Crippen LogP contribution in [0.1, 0.15) is 25.0 Å². The number of carbonyl (C=O) groups is 2. The molecule has 0 bridgehead atoms. The van der Waals surface area contributed by atoms with Gasteiger partial charge in [-0.2, -0.15) is 0 Å². The van der Waals surface area contributed by atoms with Gasteiger partial charge in [-0.1, -0.05) is 102 Å². The quantitative estimate of drug-likeness (QED) is 0.168. The second kappa shape index (κ2) is 15.4. The van der Waals surface area contributed by atoms with Gasteiger partial charge in [-0.25, -0.2) is 8.42 Å². The number of benzene rings is 4. The Labute approximate surface area is 273 Å². The third-order valence-corrected chi connectivity index (χ3v) is 9.52. The Morgan fingerprint density at radius 3 is 2.00 bits per heavy atom. The van der Waals surface area contributed by atoms with Gasteiger partial charge in [-0.3, -0.25) is 13.9 Å². The van der Waals surface area contributed by atoms with Crippen LogP contribution in [-0.4, -0.2) is 44.3 Å². The van der Waals surface area contributed by atoms with E-state index in [4.69, 9.17) is 11.6 Å². The largest absolute Gasteiger partial charge is 0.354 e. The van der Waals surface area contributed by atoms with Crippen LogP contribution in [0.3, 0.4) is 0 Å². The van der Waals surface area contributed by atoms with Crippen LogP contribution >= 0.6 is 27.5 Å². The summed E-state index contributed by atoms with van der Waals surface area (Å²) in [5, 5.41) is 3.42. The van der Waals surface area contributed by atoms with E-state index in [1.807, 2.05) is 68.4 Å². The zero-order valence-electron chi connectivity index (χ0n) is 24.6. The van der Waals surface area contributed by atoms with Crippen LogP contribution in [-0.2, 0) is 32.6 Å². The van der Waals surface area contributed by atoms with Crippen LogP contribution in [0.25, 0.3) is 0 Å². The highest BCUT2D eigenvalue weighted by Crippen LogP contribution is 2.26. The lowest BCUT2D eigenvalue weighted by Crippen LogP contribution is -2.53. The van der Waals surface area contributed by atoms with Crippen molar-refractivity contribution >= 4 is 55.1 Å². The topological polar surface area (TPSA) is 86.8 Å². The summed E-state index contributed by atoms with van der Waals surface area (Å²) in [6, 6.07) is 30.3. The van der Waals surface area contributed by atoms with E-state index in [0.29, 0.717) is 11.6 Å². The number of carbonyl (C=O) groups excluding carboxylic acids is 2. The van der Waals surface area contributed by atoms with Crippen LogP contribution in [0.2, 0.25) is 5.02 Å². The molecule has 1 N–H and O–H groups in total. The average molecular weight is 697 g/mol. The van der Waals surface area contributed by atoms with Crippen LogP contribution < -0.4 is 9.62 Å². The highest BCUT2D eigenvalue weighted by atomic mass is 79.9. The molecule has 44 heavy (non-hydrogen) atoms. The van der Waals surface area contributed by atoms with E-state index in [-0.39, 0.29) is 35.4 Å². The van der Waals surface area contributed by atoms with Crippen molar-refractivity contribution in [2.24, 2.45) is 5.92 Å². The number of nitrogens with zero attached hydrogens (tertiary/aromatic N) is 2. The van der Waals surface area contributed by atoms with E-state index in [2.05, 4.69) is 21.2 Å². The molecule has 4 rings (SSSR count). The van der Waals surface area contributed by atoms with E-state index in [1.165, 1.54) is 17.0 Å². The number of sulfonamides is 1. The summed E-state index contributed by atoms with van der Waals surface area (Å²) in [6.45, 7) is 3.99. The van der Waals surface area contributed by atoms with Crippen molar-refractivity contribution in [3.8, 4) is 0 Å². The minimum absolute atomic E-state index is 0.0396. The lowest BCUT2D eigenvalue weighted by Gasteiger charge is -2.34. The summed E-state index contributed by atoms with van der Waals surface area (Å²) < 4.78 is 29.9.